The average Bonchev–Trinajstić information content (AvgIpc) is 2.59. The van der Waals surface area contributed by atoms with Crippen LogP contribution in [0.4, 0.5) is 8.78 Å². The second-order valence-electron chi connectivity index (χ2n) is 4.59. The summed E-state index contributed by atoms with van der Waals surface area (Å²) in [6.45, 7) is -2.81. The fourth-order valence-corrected chi connectivity index (χ4v) is 1.90. The number of alkyl halides is 2. The highest BCUT2D eigenvalue weighted by Crippen LogP contribution is 2.29. The molecule has 6 heteroatoms. The number of carbonyl (C=O) groups excluding carboxylic acids is 1. The van der Waals surface area contributed by atoms with Crippen molar-refractivity contribution in [3.05, 3.63) is 59.7 Å². The Morgan fingerprint density at radius 1 is 1.17 bits per heavy atom. The Morgan fingerprint density at radius 2 is 1.92 bits per heavy atom. The maximum Gasteiger partial charge on any atom is 0.387 e. The summed E-state index contributed by atoms with van der Waals surface area (Å²) in [5.41, 5.74) is 1.11. The van der Waals surface area contributed by atoms with Crippen LogP contribution >= 0.6 is 0 Å². The molecule has 0 aliphatic rings. The van der Waals surface area contributed by atoms with Crippen molar-refractivity contribution in [2.24, 2.45) is 0 Å². The van der Waals surface area contributed by atoms with Gasteiger partial charge in [-0.1, -0.05) is 30.0 Å². The normalized spacial score (nSPS) is 9.83. The summed E-state index contributed by atoms with van der Waals surface area (Å²) >= 11 is 0. The van der Waals surface area contributed by atoms with Crippen molar-refractivity contribution in [1.82, 2.24) is 5.32 Å². The van der Waals surface area contributed by atoms with E-state index < -0.39 is 6.61 Å². The van der Waals surface area contributed by atoms with Gasteiger partial charge < -0.3 is 14.8 Å². The molecule has 0 atom stereocenters. The molecule has 2 aromatic carbocycles. The van der Waals surface area contributed by atoms with Gasteiger partial charge in [-0.15, -0.1) is 0 Å². The molecular formula is C18H15F2NO3. The van der Waals surface area contributed by atoms with Crippen molar-refractivity contribution in [3.8, 4) is 23.3 Å². The van der Waals surface area contributed by atoms with Crippen LogP contribution in [0.2, 0.25) is 0 Å². The molecule has 0 heterocycles. The molecule has 0 aromatic heterocycles. The molecule has 1 amide bonds. The van der Waals surface area contributed by atoms with Gasteiger partial charge in [-0.05, 0) is 30.3 Å². The quantitative estimate of drug-likeness (QED) is 0.857. The molecule has 1 N–H and O–H groups in total. The number of hydrogen-bond acceptors (Lipinski definition) is 3. The summed E-state index contributed by atoms with van der Waals surface area (Å²) in [6.07, 6.45) is 0. The predicted molar refractivity (Wildman–Crippen MR) is 85.3 cm³/mol. The Morgan fingerprint density at radius 3 is 2.58 bits per heavy atom. The highest BCUT2D eigenvalue weighted by Gasteiger charge is 2.13. The smallest absolute Gasteiger partial charge is 0.387 e. The molecule has 24 heavy (non-hydrogen) atoms. The summed E-state index contributed by atoms with van der Waals surface area (Å²) in [7, 11) is 1.31. The van der Waals surface area contributed by atoms with Crippen molar-refractivity contribution in [2.75, 3.05) is 13.7 Å². The zero-order valence-electron chi connectivity index (χ0n) is 12.9. The van der Waals surface area contributed by atoms with Crippen molar-refractivity contribution in [2.45, 2.75) is 6.61 Å². The van der Waals surface area contributed by atoms with E-state index in [4.69, 9.17) is 4.74 Å². The predicted octanol–water partition coefficient (Wildman–Crippen LogP) is 3.08. The molecule has 0 saturated heterocycles. The van der Waals surface area contributed by atoms with E-state index in [0.717, 1.165) is 5.56 Å². The van der Waals surface area contributed by atoms with Gasteiger partial charge in [0.05, 0.1) is 13.7 Å². The van der Waals surface area contributed by atoms with E-state index in [-0.39, 0.29) is 29.5 Å². The van der Waals surface area contributed by atoms with Gasteiger partial charge in [0.2, 0.25) is 0 Å². The van der Waals surface area contributed by atoms with Crippen molar-refractivity contribution in [1.29, 1.82) is 0 Å². The van der Waals surface area contributed by atoms with E-state index in [9.17, 15) is 13.6 Å². The molecule has 0 aliphatic carbocycles. The molecule has 0 radical (unpaired) electrons. The van der Waals surface area contributed by atoms with Gasteiger partial charge in [-0.3, -0.25) is 4.79 Å². The van der Waals surface area contributed by atoms with E-state index in [2.05, 4.69) is 21.9 Å². The van der Waals surface area contributed by atoms with Gasteiger partial charge in [0.15, 0.2) is 11.5 Å². The number of benzene rings is 2. The molecule has 0 spiro atoms. The molecule has 2 aromatic rings. The van der Waals surface area contributed by atoms with Crippen molar-refractivity contribution < 1.29 is 23.0 Å². The van der Waals surface area contributed by atoms with Crippen molar-refractivity contribution >= 4 is 5.91 Å². The minimum atomic E-state index is -2.97. The highest BCUT2D eigenvalue weighted by molar-refractivity contribution is 5.95. The number of hydrogen-bond donors (Lipinski definition) is 1. The van der Waals surface area contributed by atoms with Gasteiger partial charge in [0.25, 0.3) is 5.91 Å². The molecular weight excluding hydrogens is 316 g/mol. The lowest BCUT2D eigenvalue weighted by molar-refractivity contribution is -0.0512. The van der Waals surface area contributed by atoms with E-state index in [1.54, 1.807) is 0 Å². The zero-order valence-corrected chi connectivity index (χ0v) is 12.9. The SMILES string of the molecule is COc1cc(C(=O)NCC#Cc2ccccc2)ccc1OC(F)F. The monoisotopic (exact) mass is 331 g/mol. The molecule has 0 unspecified atom stereocenters. The number of halogens is 2. The first kappa shape index (κ1) is 17.3. The maximum atomic E-state index is 12.3. The lowest BCUT2D eigenvalue weighted by Crippen LogP contribution is -2.23. The number of rotatable bonds is 5. The Bertz CT molecular complexity index is 752. The minimum absolute atomic E-state index is 0.0540. The third kappa shape index (κ3) is 4.99. The Balaban J connectivity index is 1.98. The molecule has 2 rings (SSSR count). The lowest BCUT2D eigenvalue weighted by Gasteiger charge is -2.11. The minimum Gasteiger partial charge on any atom is -0.493 e. The molecule has 4 nitrogen and oxygen atoms in total. The average molecular weight is 331 g/mol. The number of nitrogens with one attached hydrogen (secondary N) is 1. The van der Waals surface area contributed by atoms with Gasteiger partial charge in [0, 0.05) is 11.1 Å². The van der Waals surface area contributed by atoms with E-state index in [1.165, 1.54) is 25.3 Å². The topological polar surface area (TPSA) is 47.6 Å². The fourth-order valence-electron chi connectivity index (χ4n) is 1.90. The Kier molecular flexibility index (Phi) is 6.15. The van der Waals surface area contributed by atoms with Crippen LogP contribution in [0.5, 0.6) is 11.5 Å². The van der Waals surface area contributed by atoms with Crippen LogP contribution in [0.3, 0.4) is 0 Å². The molecule has 0 aliphatic heterocycles. The highest BCUT2D eigenvalue weighted by atomic mass is 19.3. The first-order chi connectivity index (χ1) is 11.6. The van der Waals surface area contributed by atoms with Gasteiger partial charge in [0.1, 0.15) is 0 Å². The van der Waals surface area contributed by atoms with Crippen LogP contribution in [0, 0.1) is 11.8 Å². The number of methoxy groups -OCH3 is 1. The molecule has 0 fully saturated rings. The van der Waals surface area contributed by atoms with E-state index >= 15 is 0 Å². The lowest BCUT2D eigenvalue weighted by atomic mass is 10.2. The third-order valence-corrected chi connectivity index (χ3v) is 2.99. The molecule has 0 bridgehead atoms. The first-order valence-electron chi connectivity index (χ1n) is 7.05. The van der Waals surface area contributed by atoms with E-state index in [1.807, 2.05) is 30.3 Å². The second-order valence-corrected chi connectivity index (χ2v) is 4.59. The number of carbonyl (C=O) groups is 1. The summed E-state index contributed by atoms with van der Waals surface area (Å²) in [5, 5.41) is 2.62. The Hall–Kier alpha value is -3.07. The van der Waals surface area contributed by atoms with Crippen LogP contribution < -0.4 is 14.8 Å². The number of amides is 1. The zero-order chi connectivity index (χ0) is 17.4. The summed E-state index contributed by atoms with van der Waals surface area (Å²) in [6, 6.07) is 13.3. The van der Waals surface area contributed by atoms with Gasteiger partial charge in [-0.25, -0.2) is 0 Å². The fraction of sp³-hybridized carbons (Fsp3) is 0.167. The largest absolute Gasteiger partial charge is 0.493 e. The summed E-state index contributed by atoms with van der Waals surface area (Å²) in [5.74, 6) is 5.28. The van der Waals surface area contributed by atoms with Crippen LogP contribution in [0.15, 0.2) is 48.5 Å². The Labute approximate surface area is 138 Å². The third-order valence-electron chi connectivity index (χ3n) is 2.99. The van der Waals surface area contributed by atoms with Gasteiger partial charge in [-0.2, -0.15) is 8.78 Å². The van der Waals surface area contributed by atoms with Crippen LogP contribution in [-0.2, 0) is 0 Å². The van der Waals surface area contributed by atoms with E-state index in [0.29, 0.717) is 0 Å². The van der Waals surface area contributed by atoms with Crippen LogP contribution in [0.25, 0.3) is 0 Å². The first-order valence-corrected chi connectivity index (χ1v) is 7.05. The van der Waals surface area contributed by atoms with Crippen LogP contribution in [0.1, 0.15) is 15.9 Å². The number of ether oxygens (including phenoxy) is 2. The summed E-state index contributed by atoms with van der Waals surface area (Å²) < 4.78 is 33.8. The molecule has 124 valence electrons. The summed E-state index contributed by atoms with van der Waals surface area (Å²) in [4.78, 5) is 12.0. The van der Waals surface area contributed by atoms with Gasteiger partial charge >= 0.3 is 6.61 Å². The van der Waals surface area contributed by atoms with Crippen LogP contribution in [-0.4, -0.2) is 26.2 Å². The standard InChI is InChI=1S/C18H15F2NO3/c1-23-16-12-14(9-10-15(16)24-18(19)20)17(22)21-11-5-8-13-6-3-2-4-7-13/h2-4,6-7,9-10,12,18H,11H2,1H3,(H,21,22). The second kappa shape index (κ2) is 8.53. The molecule has 0 saturated carbocycles. The van der Waals surface area contributed by atoms with Crippen molar-refractivity contribution in [3.63, 3.8) is 0 Å². The maximum absolute atomic E-state index is 12.3.